The van der Waals surface area contributed by atoms with E-state index in [4.69, 9.17) is 9.47 Å². The molecule has 2 heterocycles. The molecule has 8 heteroatoms. The molecule has 2 aromatic carbocycles. The zero-order valence-corrected chi connectivity index (χ0v) is 21.4. The van der Waals surface area contributed by atoms with E-state index in [0.717, 1.165) is 42.3 Å². The molecule has 3 aromatic rings. The van der Waals surface area contributed by atoms with Crippen LogP contribution in [0.1, 0.15) is 27.2 Å². The van der Waals surface area contributed by atoms with Crippen LogP contribution in [0.5, 0.6) is 11.5 Å². The Kier molecular flexibility index (Phi) is 7.95. The van der Waals surface area contributed by atoms with Gasteiger partial charge in [0.2, 0.25) is 0 Å². The van der Waals surface area contributed by atoms with E-state index in [-0.39, 0.29) is 11.5 Å². The number of hydrogen-bond donors (Lipinski definition) is 1. The second-order valence-electron chi connectivity index (χ2n) is 9.14. The molecule has 190 valence electrons. The molecule has 0 atom stereocenters. The number of nitrogens with zero attached hydrogens (tertiary/aromatic N) is 3. The first-order valence-corrected chi connectivity index (χ1v) is 12.1. The van der Waals surface area contributed by atoms with Crippen LogP contribution in [-0.2, 0) is 26.1 Å². The van der Waals surface area contributed by atoms with E-state index in [9.17, 15) is 9.59 Å². The van der Waals surface area contributed by atoms with E-state index < -0.39 is 0 Å². The number of aromatic nitrogens is 1. The highest BCUT2D eigenvalue weighted by Gasteiger charge is 2.25. The molecular weight excluding hydrogens is 456 g/mol. The summed E-state index contributed by atoms with van der Waals surface area (Å²) in [4.78, 5) is 30.6. The van der Waals surface area contributed by atoms with Crippen molar-refractivity contribution in [3.05, 3.63) is 87.3 Å². The van der Waals surface area contributed by atoms with Crippen molar-refractivity contribution in [2.45, 2.75) is 26.1 Å². The van der Waals surface area contributed by atoms with Gasteiger partial charge in [-0.2, -0.15) is 0 Å². The topological polar surface area (TPSA) is 76.0 Å². The van der Waals surface area contributed by atoms with Crippen LogP contribution < -0.4 is 25.2 Å². The van der Waals surface area contributed by atoms with Gasteiger partial charge in [0, 0.05) is 70.7 Å². The van der Waals surface area contributed by atoms with Gasteiger partial charge in [0.25, 0.3) is 11.5 Å². The lowest BCUT2D eigenvalue weighted by atomic mass is 10.1. The maximum absolute atomic E-state index is 13.3. The summed E-state index contributed by atoms with van der Waals surface area (Å²) < 4.78 is 12.4. The van der Waals surface area contributed by atoms with Gasteiger partial charge in [-0.3, -0.25) is 14.5 Å². The van der Waals surface area contributed by atoms with Crippen LogP contribution in [0.25, 0.3) is 0 Å². The summed E-state index contributed by atoms with van der Waals surface area (Å²) in [6, 6.07) is 17.5. The normalized spacial score (nSPS) is 13.4. The summed E-state index contributed by atoms with van der Waals surface area (Å²) in [6.07, 6.45) is 0.577. The lowest BCUT2D eigenvalue weighted by Gasteiger charge is -2.20. The molecule has 4 rings (SSSR count). The Labute approximate surface area is 212 Å². The van der Waals surface area contributed by atoms with E-state index in [2.05, 4.69) is 39.4 Å². The Morgan fingerprint density at radius 2 is 1.64 bits per heavy atom. The van der Waals surface area contributed by atoms with Crippen molar-refractivity contribution >= 4 is 11.6 Å². The highest BCUT2D eigenvalue weighted by molar-refractivity contribution is 5.98. The van der Waals surface area contributed by atoms with Gasteiger partial charge >= 0.3 is 0 Å². The molecule has 0 radical (unpaired) electrons. The van der Waals surface area contributed by atoms with Crippen LogP contribution in [0.3, 0.4) is 0 Å². The fourth-order valence-electron chi connectivity index (χ4n) is 4.53. The van der Waals surface area contributed by atoms with Crippen LogP contribution in [0, 0.1) is 0 Å². The summed E-state index contributed by atoms with van der Waals surface area (Å²) in [5.74, 6) is 0.822. The summed E-state index contributed by atoms with van der Waals surface area (Å²) >= 11 is 0. The average Bonchev–Trinajstić information content (AvgIpc) is 3.10. The van der Waals surface area contributed by atoms with Crippen molar-refractivity contribution < 1.29 is 14.3 Å². The monoisotopic (exact) mass is 490 g/mol. The zero-order valence-electron chi connectivity index (χ0n) is 21.4. The molecule has 36 heavy (non-hydrogen) atoms. The van der Waals surface area contributed by atoms with E-state index >= 15 is 0 Å². The van der Waals surface area contributed by atoms with Gasteiger partial charge in [-0.15, -0.1) is 0 Å². The second-order valence-corrected chi connectivity index (χ2v) is 9.14. The predicted molar refractivity (Wildman–Crippen MR) is 141 cm³/mol. The summed E-state index contributed by atoms with van der Waals surface area (Å²) in [7, 11) is 7.16. The minimum Gasteiger partial charge on any atom is -0.497 e. The van der Waals surface area contributed by atoms with Crippen molar-refractivity contribution in [1.82, 2.24) is 14.8 Å². The van der Waals surface area contributed by atoms with E-state index in [0.29, 0.717) is 30.8 Å². The third kappa shape index (κ3) is 5.71. The smallest absolute Gasteiger partial charge is 0.257 e. The van der Waals surface area contributed by atoms with Gasteiger partial charge in [0.15, 0.2) is 0 Å². The van der Waals surface area contributed by atoms with Crippen LogP contribution in [0.15, 0.2) is 59.4 Å². The number of fused-ring (bicyclic) bond motifs is 1. The molecule has 0 spiro atoms. The number of hydrogen-bond acceptors (Lipinski definition) is 6. The highest BCUT2D eigenvalue weighted by Crippen LogP contribution is 2.24. The molecule has 0 bridgehead atoms. The van der Waals surface area contributed by atoms with E-state index in [1.807, 2.05) is 38.4 Å². The molecule has 1 aliphatic heterocycles. The zero-order chi connectivity index (χ0) is 25.7. The Hall–Kier alpha value is -3.78. The first kappa shape index (κ1) is 25.3. The molecule has 0 fully saturated rings. The SMILES string of the molecule is COc1ccc(CNC(=O)c2c(OC)cc(=O)n3c2CCN(Cc2ccc(N(C)C)cc2)CC3)cc1. The number of amides is 1. The fourth-order valence-corrected chi connectivity index (χ4v) is 4.53. The molecule has 0 saturated carbocycles. The molecule has 1 aromatic heterocycles. The standard InChI is InChI=1S/C28H34N4O4/c1-30(2)22-9-5-21(6-10-22)19-31-14-13-24-27(25(36-4)17-26(33)32(24)16-15-31)28(34)29-18-20-7-11-23(35-3)12-8-20/h5-12,17H,13-16,18-19H2,1-4H3,(H,29,34). The average molecular weight is 491 g/mol. The van der Waals surface area contributed by atoms with E-state index in [1.54, 1.807) is 11.7 Å². The minimum atomic E-state index is -0.251. The number of carbonyl (C=O) groups excluding carboxylic acids is 1. The number of nitrogens with one attached hydrogen (secondary N) is 1. The number of benzene rings is 2. The van der Waals surface area contributed by atoms with Gasteiger partial charge in [-0.25, -0.2) is 0 Å². The number of pyridine rings is 1. The summed E-state index contributed by atoms with van der Waals surface area (Å²) in [5, 5.41) is 2.99. The largest absolute Gasteiger partial charge is 0.497 e. The molecule has 8 nitrogen and oxygen atoms in total. The second kappa shape index (κ2) is 11.3. The van der Waals surface area contributed by atoms with Crippen molar-refractivity contribution in [3.8, 4) is 11.5 Å². The maximum Gasteiger partial charge on any atom is 0.257 e. The number of carbonyl (C=O) groups is 1. The Morgan fingerprint density at radius 3 is 2.28 bits per heavy atom. The molecule has 1 amide bonds. The van der Waals surface area contributed by atoms with Crippen LogP contribution in [0.2, 0.25) is 0 Å². The lowest BCUT2D eigenvalue weighted by molar-refractivity contribution is 0.0945. The van der Waals surface area contributed by atoms with Crippen molar-refractivity contribution in [2.75, 3.05) is 46.3 Å². The summed E-state index contributed by atoms with van der Waals surface area (Å²) in [6.45, 7) is 3.13. The first-order chi connectivity index (χ1) is 17.4. The molecule has 1 N–H and O–H groups in total. The third-order valence-electron chi connectivity index (χ3n) is 6.60. The van der Waals surface area contributed by atoms with Crippen molar-refractivity contribution in [2.24, 2.45) is 0 Å². The number of anilines is 1. The van der Waals surface area contributed by atoms with Gasteiger partial charge in [-0.05, 0) is 35.4 Å². The molecule has 0 aliphatic carbocycles. The van der Waals surface area contributed by atoms with Crippen molar-refractivity contribution in [3.63, 3.8) is 0 Å². The predicted octanol–water partition coefficient (Wildman–Crippen LogP) is 2.92. The van der Waals surface area contributed by atoms with Gasteiger partial charge < -0.3 is 24.3 Å². The molecule has 0 unspecified atom stereocenters. The Morgan fingerprint density at radius 1 is 0.944 bits per heavy atom. The minimum absolute atomic E-state index is 0.147. The van der Waals surface area contributed by atoms with Crippen LogP contribution >= 0.6 is 0 Å². The van der Waals surface area contributed by atoms with Gasteiger partial charge in [0.1, 0.15) is 17.1 Å². The van der Waals surface area contributed by atoms with Gasteiger partial charge in [0.05, 0.1) is 14.2 Å². The lowest BCUT2D eigenvalue weighted by Crippen LogP contribution is -2.31. The summed E-state index contributed by atoms with van der Waals surface area (Å²) in [5.41, 5.74) is 4.33. The highest BCUT2D eigenvalue weighted by atomic mass is 16.5. The maximum atomic E-state index is 13.3. The van der Waals surface area contributed by atoms with Crippen LogP contribution in [-0.4, -0.2) is 56.8 Å². The number of methoxy groups -OCH3 is 2. The molecule has 0 saturated heterocycles. The fraction of sp³-hybridized carbons (Fsp3) is 0.357. The Balaban J connectivity index is 1.51. The van der Waals surface area contributed by atoms with Crippen LogP contribution in [0.4, 0.5) is 5.69 Å². The Bertz CT molecular complexity index is 1250. The quantitative estimate of drug-likeness (QED) is 0.523. The number of ether oxygens (including phenoxy) is 2. The van der Waals surface area contributed by atoms with E-state index in [1.165, 1.54) is 18.7 Å². The number of rotatable bonds is 8. The molecule has 1 aliphatic rings. The van der Waals surface area contributed by atoms with Gasteiger partial charge in [-0.1, -0.05) is 24.3 Å². The molecular formula is C28H34N4O4. The third-order valence-corrected chi connectivity index (χ3v) is 6.60. The first-order valence-electron chi connectivity index (χ1n) is 12.1. The van der Waals surface area contributed by atoms with Crippen molar-refractivity contribution in [1.29, 1.82) is 0 Å².